The first-order chi connectivity index (χ1) is 14.7. The maximum Gasteiger partial charge on any atom is 0.227 e. The molecule has 0 atom stereocenters. The number of hydrogen-bond donors (Lipinski definition) is 1. The van der Waals surface area contributed by atoms with Crippen molar-refractivity contribution < 1.29 is 9.47 Å². The predicted molar refractivity (Wildman–Crippen MR) is 119 cm³/mol. The van der Waals surface area contributed by atoms with Crippen molar-refractivity contribution in [1.82, 2.24) is 9.97 Å². The van der Waals surface area contributed by atoms with Gasteiger partial charge in [-0.1, -0.05) is 23.7 Å². The Morgan fingerprint density at radius 3 is 2.67 bits per heavy atom. The average Bonchev–Trinajstić information content (AvgIpc) is 2.76. The number of hydrazone groups is 1. The van der Waals surface area contributed by atoms with E-state index in [4.69, 9.17) is 21.1 Å². The molecular formula is C22H22ClN5O2. The smallest absolute Gasteiger partial charge is 0.227 e. The Morgan fingerprint density at radius 2 is 1.87 bits per heavy atom. The minimum atomic E-state index is 0.647. The van der Waals surface area contributed by atoms with Crippen molar-refractivity contribution in [2.45, 2.75) is 6.92 Å². The van der Waals surface area contributed by atoms with Gasteiger partial charge >= 0.3 is 0 Å². The first kappa shape index (κ1) is 20.1. The summed E-state index contributed by atoms with van der Waals surface area (Å²) in [6.45, 7) is 4.89. The topological polar surface area (TPSA) is 71.9 Å². The van der Waals surface area contributed by atoms with Gasteiger partial charge in [0.25, 0.3) is 0 Å². The number of hydrogen-bond acceptors (Lipinski definition) is 7. The lowest BCUT2D eigenvalue weighted by Crippen LogP contribution is -2.37. The van der Waals surface area contributed by atoms with Gasteiger partial charge in [0.2, 0.25) is 5.95 Å². The van der Waals surface area contributed by atoms with E-state index in [0.717, 1.165) is 30.1 Å². The molecule has 1 aliphatic heterocycles. The molecule has 0 saturated carbocycles. The minimum absolute atomic E-state index is 0.647. The Kier molecular flexibility index (Phi) is 6.41. The highest BCUT2D eigenvalue weighted by Gasteiger charge is 2.14. The molecule has 1 saturated heterocycles. The van der Waals surface area contributed by atoms with Crippen molar-refractivity contribution >= 4 is 29.6 Å². The molecule has 0 bridgehead atoms. The summed E-state index contributed by atoms with van der Waals surface area (Å²) in [5, 5.41) is 4.99. The monoisotopic (exact) mass is 423 g/mol. The number of nitrogens with one attached hydrogen (secondary N) is 1. The van der Waals surface area contributed by atoms with Crippen molar-refractivity contribution in [3.05, 3.63) is 70.9 Å². The van der Waals surface area contributed by atoms with E-state index >= 15 is 0 Å². The van der Waals surface area contributed by atoms with Crippen LogP contribution in [-0.4, -0.2) is 42.5 Å². The number of morpholine rings is 1. The zero-order valence-corrected chi connectivity index (χ0v) is 17.3. The van der Waals surface area contributed by atoms with E-state index in [-0.39, 0.29) is 0 Å². The van der Waals surface area contributed by atoms with Crippen molar-refractivity contribution in [2.75, 3.05) is 36.6 Å². The molecule has 8 heteroatoms. The normalized spacial score (nSPS) is 14.1. The van der Waals surface area contributed by atoms with Crippen molar-refractivity contribution in [3.63, 3.8) is 0 Å². The predicted octanol–water partition coefficient (Wildman–Crippen LogP) is 4.51. The van der Waals surface area contributed by atoms with E-state index < -0.39 is 0 Å². The molecule has 1 aliphatic rings. The molecule has 3 aromatic rings. The zero-order valence-electron chi connectivity index (χ0n) is 16.6. The highest BCUT2D eigenvalue weighted by atomic mass is 35.5. The summed E-state index contributed by atoms with van der Waals surface area (Å²) in [5.41, 5.74) is 4.77. The van der Waals surface area contributed by atoms with E-state index in [2.05, 4.69) is 25.4 Å². The van der Waals surface area contributed by atoms with Gasteiger partial charge in [0, 0.05) is 29.9 Å². The van der Waals surface area contributed by atoms with Gasteiger partial charge in [0.15, 0.2) is 5.82 Å². The maximum absolute atomic E-state index is 5.91. The summed E-state index contributed by atoms with van der Waals surface area (Å²) in [6.07, 6.45) is 1.72. The second kappa shape index (κ2) is 9.56. The summed E-state index contributed by atoms with van der Waals surface area (Å²) in [4.78, 5) is 11.2. The summed E-state index contributed by atoms with van der Waals surface area (Å²) >= 11 is 5.91. The Labute approximate surface area is 180 Å². The number of halogens is 1. The molecular weight excluding hydrogens is 402 g/mol. The van der Waals surface area contributed by atoms with Gasteiger partial charge < -0.3 is 14.4 Å². The van der Waals surface area contributed by atoms with Crippen LogP contribution in [-0.2, 0) is 4.74 Å². The van der Waals surface area contributed by atoms with E-state index in [1.165, 1.54) is 0 Å². The molecule has 0 unspecified atom stereocenters. The van der Waals surface area contributed by atoms with E-state index in [0.29, 0.717) is 35.8 Å². The Balaban J connectivity index is 1.42. The number of nitrogens with zero attached hydrogens (tertiary/aromatic N) is 4. The molecule has 2 aromatic carbocycles. The van der Waals surface area contributed by atoms with Crippen molar-refractivity contribution in [1.29, 1.82) is 0 Å². The minimum Gasteiger partial charge on any atom is -0.457 e. The number of ether oxygens (including phenoxy) is 2. The molecule has 7 nitrogen and oxygen atoms in total. The highest BCUT2D eigenvalue weighted by molar-refractivity contribution is 6.30. The molecule has 1 fully saturated rings. The summed E-state index contributed by atoms with van der Waals surface area (Å²) in [7, 11) is 0. The van der Waals surface area contributed by atoms with Gasteiger partial charge in [-0.05, 0) is 48.9 Å². The lowest BCUT2D eigenvalue weighted by molar-refractivity contribution is 0.122. The van der Waals surface area contributed by atoms with E-state index in [1.807, 2.05) is 49.4 Å². The van der Waals surface area contributed by atoms with Gasteiger partial charge in [-0.2, -0.15) is 10.1 Å². The summed E-state index contributed by atoms with van der Waals surface area (Å²) in [5.74, 6) is 2.77. The molecule has 154 valence electrons. The lowest BCUT2D eigenvalue weighted by Gasteiger charge is -2.27. The number of benzene rings is 2. The highest BCUT2D eigenvalue weighted by Crippen LogP contribution is 2.23. The summed E-state index contributed by atoms with van der Waals surface area (Å²) < 4.78 is 11.3. The first-order valence-electron chi connectivity index (χ1n) is 9.67. The molecule has 2 heterocycles. The molecule has 30 heavy (non-hydrogen) atoms. The van der Waals surface area contributed by atoms with Gasteiger partial charge in [0.05, 0.1) is 19.4 Å². The quantitative estimate of drug-likeness (QED) is 0.464. The largest absolute Gasteiger partial charge is 0.457 e. The first-order valence-corrected chi connectivity index (χ1v) is 10.0. The number of aryl methyl sites for hydroxylation is 1. The van der Waals surface area contributed by atoms with E-state index in [9.17, 15) is 0 Å². The SMILES string of the molecule is Cc1cc(N/N=C/c2cccc(Oc3ccc(Cl)cc3)c2)nc(N2CCOCC2)n1. The number of aromatic nitrogens is 2. The fraction of sp³-hybridized carbons (Fsp3) is 0.227. The van der Waals surface area contributed by atoms with Gasteiger partial charge in [-0.25, -0.2) is 4.98 Å². The molecule has 1 aromatic heterocycles. The average molecular weight is 424 g/mol. The fourth-order valence-corrected chi connectivity index (χ4v) is 3.11. The third kappa shape index (κ3) is 5.46. The Morgan fingerprint density at radius 1 is 1.07 bits per heavy atom. The zero-order chi connectivity index (χ0) is 20.8. The van der Waals surface area contributed by atoms with Crippen LogP contribution in [0.15, 0.2) is 59.7 Å². The second-order valence-electron chi connectivity index (χ2n) is 6.79. The molecule has 0 aliphatic carbocycles. The van der Waals surface area contributed by atoms with Gasteiger partial charge in [-0.15, -0.1) is 0 Å². The van der Waals surface area contributed by atoms with Gasteiger partial charge in [0.1, 0.15) is 11.5 Å². The molecule has 0 spiro atoms. The standard InChI is InChI=1S/C22H22ClN5O2/c1-16-13-21(26-22(25-16)28-9-11-29-12-10-28)27-24-15-17-3-2-4-20(14-17)30-19-7-5-18(23)6-8-19/h2-8,13-15H,9-12H2,1H3,(H,25,26,27)/b24-15+. The molecule has 1 N–H and O–H groups in total. The Bertz CT molecular complexity index is 1020. The van der Waals surface area contributed by atoms with Crippen molar-refractivity contribution in [3.8, 4) is 11.5 Å². The third-order valence-electron chi connectivity index (χ3n) is 4.44. The molecule has 4 rings (SSSR count). The fourth-order valence-electron chi connectivity index (χ4n) is 2.98. The van der Waals surface area contributed by atoms with Crippen LogP contribution >= 0.6 is 11.6 Å². The van der Waals surface area contributed by atoms with Crippen LogP contribution in [0.5, 0.6) is 11.5 Å². The van der Waals surface area contributed by atoms with Crippen LogP contribution in [0.1, 0.15) is 11.3 Å². The summed E-state index contributed by atoms with van der Waals surface area (Å²) in [6, 6.07) is 16.8. The number of anilines is 2. The van der Waals surface area contributed by atoms with Crippen LogP contribution in [0.4, 0.5) is 11.8 Å². The van der Waals surface area contributed by atoms with Crippen LogP contribution in [0, 0.1) is 6.92 Å². The van der Waals surface area contributed by atoms with E-state index in [1.54, 1.807) is 18.3 Å². The number of rotatable bonds is 6. The third-order valence-corrected chi connectivity index (χ3v) is 4.69. The maximum atomic E-state index is 5.91. The van der Waals surface area contributed by atoms with Gasteiger partial charge in [-0.3, -0.25) is 5.43 Å². The van der Waals surface area contributed by atoms with Crippen LogP contribution < -0.4 is 15.1 Å². The molecule has 0 amide bonds. The van der Waals surface area contributed by atoms with Crippen LogP contribution in [0.2, 0.25) is 5.02 Å². The molecule has 0 radical (unpaired) electrons. The Hall–Kier alpha value is -3.16. The second-order valence-corrected chi connectivity index (χ2v) is 7.23. The lowest BCUT2D eigenvalue weighted by atomic mass is 10.2. The van der Waals surface area contributed by atoms with Crippen LogP contribution in [0.3, 0.4) is 0 Å². The van der Waals surface area contributed by atoms with Crippen molar-refractivity contribution in [2.24, 2.45) is 5.10 Å². The van der Waals surface area contributed by atoms with Crippen LogP contribution in [0.25, 0.3) is 0 Å².